The number of hydrogen-bond acceptors (Lipinski definition) is 6. The first-order valence-electron chi connectivity index (χ1n) is 8.94. The number of methoxy groups -OCH3 is 2. The Morgan fingerprint density at radius 1 is 1.00 bits per heavy atom. The number of aromatic hydroxyl groups is 1. The van der Waals surface area contributed by atoms with Gasteiger partial charge in [-0.1, -0.05) is 6.07 Å². The fourth-order valence-electron chi connectivity index (χ4n) is 2.74. The van der Waals surface area contributed by atoms with Crippen molar-refractivity contribution in [2.24, 2.45) is 0 Å². The van der Waals surface area contributed by atoms with Crippen molar-refractivity contribution in [2.75, 3.05) is 32.3 Å². The summed E-state index contributed by atoms with van der Waals surface area (Å²) in [6, 6.07) is 11.8. The first-order valence-corrected chi connectivity index (χ1v) is 8.94. The van der Waals surface area contributed by atoms with E-state index in [9.17, 15) is 14.7 Å². The highest BCUT2D eigenvalue weighted by molar-refractivity contribution is 6.03. The molecule has 0 fully saturated rings. The van der Waals surface area contributed by atoms with Crippen LogP contribution in [0, 0.1) is 0 Å². The molecule has 0 unspecified atom stereocenters. The highest BCUT2D eigenvalue weighted by Gasteiger charge is 2.20. The average molecular weight is 387 g/mol. The van der Waals surface area contributed by atoms with E-state index in [1.807, 2.05) is 12.1 Å². The van der Waals surface area contributed by atoms with Gasteiger partial charge in [-0.05, 0) is 55.3 Å². The van der Waals surface area contributed by atoms with Crippen molar-refractivity contribution in [3.8, 4) is 17.2 Å². The van der Waals surface area contributed by atoms with Crippen LogP contribution < -0.4 is 14.4 Å². The van der Waals surface area contributed by atoms with Crippen LogP contribution in [0.5, 0.6) is 17.2 Å². The van der Waals surface area contributed by atoms with Gasteiger partial charge in [-0.15, -0.1) is 0 Å². The van der Waals surface area contributed by atoms with Crippen molar-refractivity contribution < 1.29 is 28.9 Å². The number of carbonyl (C=O) groups is 2. The monoisotopic (exact) mass is 387 g/mol. The van der Waals surface area contributed by atoms with Gasteiger partial charge in [0.05, 0.1) is 20.8 Å². The molecule has 0 aliphatic rings. The molecular formula is C21H25NO6. The lowest BCUT2D eigenvalue weighted by Crippen LogP contribution is -2.34. The topological polar surface area (TPSA) is 85.3 Å². The molecule has 0 atom stereocenters. The molecule has 2 rings (SSSR count). The lowest BCUT2D eigenvalue weighted by atomic mass is 10.1. The van der Waals surface area contributed by atoms with Crippen LogP contribution in [-0.2, 0) is 20.7 Å². The largest absolute Gasteiger partial charge is 0.508 e. The molecule has 0 saturated carbocycles. The van der Waals surface area contributed by atoms with E-state index in [0.29, 0.717) is 30.2 Å². The molecule has 0 saturated heterocycles. The van der Waals surface area contributed by atoms with Crippen LogP contribution in [0.3, 0.4) is 0 Å². The zero-order valence-electron chi connectivity index (χ0n) is 16.3. The summed E-state index contributed by atoms with van der Waals surface area (Å²) in [4.78, 5) is 25.9. The molecule has 28 heavy (non-hydrogen) atoms. The number of hydrogen-bond donors (Lipinski definition) is 1. The van der Waals surface area contributed by atoms with Crippen molar-refractivity contribution in [3.05, 3.63) is 48.0 Å². The maximum atomic E-state index is 12.7. The van der Waals surface area contributed by atoms with Crippen molar-refractivity contribution >= 4 is 17.6 Å². The molecule has 2 aromatic rings. The van der Waals surface area contributed by atoms with Gasteiger partial charge in [0.1, 0.15) is 12.2 Å². The van der Waals surface area contributed by atoms with Gasteiger partial charge >= 0.3 is 5.97 Å². The molecule has 1 N–H and O–H groups in total. The summed E-state index contributed by atoms with van der Waals surface area (Å²) >= 11 is 0. The normalized spacial score (nSPS) is 10.2. The number of anilines is 1. The van der Waals surface area contributed by atoms with E-state index >= 15 is 0 Å². The van der Waals surface area contributed by atoms with Crippen LogP contribution in [0.2, 0.25) is 0 Å². The first-order chi connectivity index (χ1) is 13.5. The van der Waals surface area contributed by atoms with Gasteiger partial charge in [-0.2, -0.15) is 0 Å². The molecule has 0 radical (unpaired) electrons. The molecule has 0 aliphatic heterocycles. The number of amides is 1. The number of phenols is 1. The van der Waals surface area contributed by atoms with E-state index in [2.05, 4.69) is 0 Å². The van der Waals surface area contributed by atoms with E-state index in [4.69, 9.17) is 14.2 Å². The van der Waals surface area contributed by atoms with Crippen LogP contribution in [0.1, 0.15) is 18.9 Å². The molecule has 0 spiro atoms. The van der Waals surface area contributed by atoms with E-state index < -0.39 is 5.97 Å². The average Bonchev–Trinajstić information content (AvgIpc) is 2.69. The number of benzene rings is 2. The van der Waals surface area contributed by atoms with Gasteiger partial charge in [0.25, 0.3) is 0 Å². The fraction of sp³-hybridized carbons (Fsp3) is 0.333. The summed E-state index contributed by atoms with van der Waals surface area (Å²) in [5.74, 6) is 0.391. The van der Waals surface area contributed by atoms with Crippen LogP contribution in [0.25, 0.3) is 0 Å². The number of phenolic OH excluding ortho intramolecular Hbond substituents is 1. The van der Waals surface area contributed by atoms with E-state index in [-0.39, 0.29) is 24.7 Å². The third-order valence-electron chi connectivity index (χ3n) is 4.14. The molecular weight excluding hydrogens is 362 g/mol. The lowest BCUT2D eigenvalue weighted by molar-refractivity contribution is -0.145. The molecule has 0 bridgehead atoms. The zero-order chi connectivity index (χ0) is 20.5. The minimum absolute atomic E-state index is 0.0985. The van der Waals surface area contributed by atoms with Crippen molar-refractivity contribution in [1.82, 2.24) is 0 Å². The number of ether oxygens (including phenoxy) is 3. The zero-order valence-corrected chi connectivity index (χ0v) is 16.3. The quantitative estimate of drug-likeness (QED) is 0.526. The Bertz CT molecular complexity index is 803. The number of rotatable bonds is 9. The molecule has 0 aliphatic carbocycles. The van der Waals surface area contributed by atoms with Gasteiger partial charge in [0.15, 0.2) is 11.5 Å². The minimum atomic E-state index is -0.567. The van der Waals surface area contributed by atoms with Gasteiger partial charge in [-0.25, -0.2) is 0 Å². The summed E-state index contributed by atoms with van der Waals surface area (Å²) in [5, 5.41) is 9.50. The van der Waals surface area contributed by atoms with E-state index in [1.165, 1.54) is 17.0 Å². The number of nitrogens with zero attached hydrogens (tertiary/aromatic N) is 1. The minimum Gasteiger partial charge on any atom is -0.508 e. The summed E-state index contributed by atoms with van der Waals surface area (Å²) in [6.07, 6.45) is 0.191. The van der Waals surface area contributed by atoms with Crippen LogP contribution >= 0.6 is 0 Å². The third-order valence-corrected chi connectivity index (χ3v) is 4.14. The Morgan fingerprint density at radius 3 is 2.29 bits per heavy atom. The standard InChI is InChI=1S/C21H25NO6/c1-4-28-21(25)14-20(24)22(16-6-8-17(23)9-7-16)12-11-15-5-10-18(26-2)19(13-15)27-3/h5-10,13,23H,4,11-12,14H2,1-3H3. The molecule has 1 amide bonds. The van der Waals surface area contributed by atoms with E-state index in [0.717, 1.165) is 5.56 Å². The van der Waals surface area contributed by atoms with Crippen molar-refractivity contribution in [3.63, 3.8) is 0 Å². The Balaban J connectivity index is 2.18. The Labute approximate surface area is 164 Å². The van der Waals surface area contributed by atoms with Crippen molar-refractivity contribution in [1.29, 1.82) is 0 Å². The predicted molar refractivity (Wildman–Crippen MR) is 105 cm³/mol. The van der Waals surface area contributed by atoms with Gasteiger partial charge < -0.3 is 24.2 Å². The Morgan fingerprint density at radius 2 is 1.68 bits per heavy atom. The fourth-order valence-corrected chi connectivity index (χ4v) is 2.74. The summed E-state index contributed by atoms with van der Waals surface area (Å²) in [5.41, 5.74) is 1.54. The lowest BCUT2D eigenvalue weighted by Gasteiger charge is -2.23. The third kappa shape index (κ3) is 5.64. The smallest absolute Gasteiger partial charge is 0.315 e. The Kier molecular flexibility index (Phi) is 7.68. The number of esters is 1. The summed E-state index contributed by atoms with van der Waals surface area (Å²) in [6.45, 7) is 2.26. The highest BCUT2D eigenvalue weighted by Crippen LogP contribution is 2.28. The molecule has 0 heterocycles. The maximum Gasteiger partial charge on any atom is 0.315 e. The number of carbonyl (C=O) groups excluding carboxylic acids is 2. The predicted octanol–water partition coefficient (Wildman–Crippen LogP) is 2.94. The van der Waals surface area contributed by atoms with Gasteiger partial charge in [0.2, 0.25) is 5.91 Å². The second kappa shape index (κ2) is 10.2. The molecule has 150 valence electrons. The van der Waals surface area contributed by atoms with Crippen LogP contribution in [0.15, 0.2) is 42.5 Å². The first kappa shape index (κ1) is 21.1. The molecule has 7 nitrogen and oxygen atoms in total. The van der Waals surface area contributed by atoms with Crippen LogP contribution in [-0.4, -0.2) is 44.4 Å². The second-order valence-corrected chi connectivity index (χ2v) is 5.98. The molecule has 7 heteroatoms. The second-order valence-electron chi connectivity index (χ2n) is 5.98. The molecule has 0 aromatic heterocycles. The SMILES string of the molecule is CCOC(=O)CC(=O)N(CCc1ccc(OC)c(OC)c1)c1ccc(O)cc1. The van der Waals surface area contributed by atoms with Crippen LogP contribution in [0.4, 0.5) is 5.69 Å². The summed E-state index contributed by atoms with van der Waals surface area (Å²) in [7, 11) is 3.13. The van der Waals surface area contributed by atoms with Gasteiger partial charge in [0, 0.05) is 12.2 Å². The Hall–Kier alpha value is -3.22. The summed E-state index contributed by atoms with van der Waals surface area (Å²) < 4.78 is 15.4. The van der Waals surface area contributed by atoms with E-state index in [1.54, 1.807) is 39.3 Å². The van der Waals surface area contributed by atoms with Crippen molar-refractivity contribution in [2.45, 2.75) is 19.8 Å². The molecule has 2 aromatic carbocycles. The van der Waals surface area contributed by atoms with Gasteiger partial charge in [-0.3, -0.25) is 9.59 Å². The highest BCUT2D eigenvalue weighted by atomic mass is 16.5. The maximum absolute atomic E-state index is 12.7.